The fourth-order valence-corrected chi connectivity index (χ4v) is 3.14. The lowest BCUT2D eigenvalue weighted by Crippen LogP contribution is -2.45. The Labute approximate surface area is 151 Å². The van der Waals surface area contributed by atoms with E-state index in [0.29, 0.717) is 11.3 Å². The van der Waals surface area contributed by atoms with Gasteiger partial charge in [0.2, 0.25) is 5.91 Å². The van der Waals surface area contributed by atoms with Crippen molar-refractivity contribution >= 4 is 23.3 Å². The Morgan fingerprint density at radius 3 is 2.72 bits per heavy atom. The molecule has 1 saturated heterocycles. The number of amides is 1. The van der Waals surface area contributed by atoms with E-state index in [4.69, 9.17) is 11.6 Å². The first-order valence-electron chi connectivity index (χ1n) is 8.20. The van der Waals surface area contributed by atoms with Crippen molar-refractivity contribution in [3.8, 4) is 0 Å². The van der Waals surface area contributed by atoms with Crippen molar-refractivity contribution in [2.75, 3.05) is 13.1 Å². The first-order chi connectivity index (χ1) is 12.1. The van der Waals surface area contributed by atoms with Gasteiger partial charge in [0.1, 0.15) is 0 Å². The van der Waals surface area contributed by atoms with Crippen LogP contribution in [-0.4, -0.2) is 45.7 Å². The molecular formula is C18H19ClN4O2. The number of carbonyl (C=O) groups excluding carboxylic acids is 2. The molecule has 2 heterocycles. The predicted octanol–water partition coefficient (Wildman–Crippen LogP) is 2.09. The number of nitrogens with one attached hydrogen (secondary N) is 1. The fourth-order valence-electron chi connectivity index (χ4n) is 2.97. The van der Waals surface area contributed by atoms with E-state index in [2.05, 4.69) is 15.3 Å². The molecule has 0 aliphatic carbocycles. The average Bonchev–Trinajstić information content (AvgIpc) is 3.09. The lowest BCUT2D eigenvalue weighted by Gasteiger charge is -2.23. The molecule has 2 aromatic rings. The minimum absolute atomic E-state index is 0.0253. The highest BCUT2D eigenvalue weighted by molar-refractivity contribution is 6.29. The maximum absolute atomic E-state index is 12.5. The quantitative estimate of drug-likeness (QED) is 0.800. The van der Waals surface area contributed by atoms with Gasteiger partial charge in [-0.25, -0.2) is 4.98 Å². The van der Waals surface area contributed by atoms with Gasteiger partial charge in [-0.2, -0.15) is 0 Å². The van der Waals surface area contributed by atoms with Crippen LogP contribution in [0.1, 0.15) is 28.9 Å². The van der Waals surface area contributed by atoms with Crippen LogP contribution in [0.25, 0.3) is 0 Å². The summed E-state index contributed by atoms with van der Waals surface area (Å²) in [5.41, 5.74) is 1.20. The summed E-state index contributed by atoms with van der Waals surface area (Å²) in [5, 5.41) is 3.13. The predicted molar refractivity (Wildman–Crippen MR) is 94.3 cm³/mol. The Hall–Kier alpha value is -2.31. The normalized spacial score (nSPS) is 17.4. The minimum atomic E-state index is -0.303. The Balaban J connectivity index is 1.58. The smallest absolute Gasteiger partial charge is 0.237 e. The van der Waals surface area contributed by atoms with Crippen molar-refractivity contribution < 1.29 is 9.59 Å². The molecule has 1 aliphatic rings. The van der Waals surface area contributed by atoms with Crippen molar-refractivity contribution in [2.24, 2.45) is 0 Å². The first-order valence-corrected chi connectivity index (χ1v) is 8.58. The zero-order valence-electron chi connectivity index (χ0n) is 13.7. The summed E-state index contributed by atoms with van der Waals surface area (Å²) in [6, 6.07) is 8.84. The molecule has 3 rings (SSSR count). The maximum Gasteiger partial charge on any atom is 0.237 e. The number of likely N-dealkylation sites (tertiary alicyclic amines) is 1. The number of rotatable bonds is 6. The first kappa shape index (κ1) is 17.5. The summed E-state index contributed by atoms with van der Waals surface area (Å²) >= 11 is 5.95. The molecule has 6 nitrogen and oxygen atoms in total. The monoisotopic (exact) mass is 358 g/mol. The van der Waals surface area contributed by atoms with Gasteiger partial charge in [-0.1, -0.05) is 41.9 Å². The lowest BCUT2D eigenvalue weighted by atomic mass is 10.1. The Bertz CT molecular complexity index is 754. The number of halogens is 1. The number of Topliss-reactive ketones (excluding diaryl/α,β-unsaturated/α-hetero) is 1. The van der Waals surface area contributed by atoms with E-state index in [0.717, 1.165) is 19.4 Å². The third-order valence-electron chi connectivity index (χ3n) is 4.26. The van der Waals surface area contributed by atoms with Gasteiger partial charge >= 0.3 is 0 Å². The second kappa shape index (κ2) is 8.18. The number of hydrogen-bond acceptors (Lipinski definition) is 5. The molecule has 0 saturated carbocycles. The summed E-state index contributed by atoms with van der Waals surface area (Å²) in [5.74, 6) is -0.0858. The van der Waals surface area contributed by atoms with Crippen molar-refractivity contribution in [2.45, 2.75) is 25.4 Å². The van der Waals surface area contributed by atoms with E-state index >= 15 is 0 Å². The van der Waals surface area contributed by atoms with Crippen molar-refractivity contribution in [3.05, 3.63) is 59.1 Å². The molecule has 7 heteroatoms. The number of hydrogen-bond donors (Lipinski definition) is 1. The van der Waals surface area contributed by atoms with E-state index in [-0.39, 0.29) is 36.0 Å². The number of nitrogens with zero attached hydrogens (tertiary/aromatic N) is 3. The highest BCUT2D eigenvalue weighted by Gasteiger charge is 2.31. The van der Waals surface area contributed by atoms with Crippen molar-refractivity contribution in [3.63, 3.8) is 0 Å². The second-order valence-electron chi connectivity index (χ2n) is 5.93. The van der Waals surface area contributed by atoms with Crippen LogP contribution in [0.15, 0.2) is 42.7 Å². The van der Waals surface area contributed by atoms with Gasteiger partial charge in [0.25, 0.3) is 0 Å². The molecule has 1 aliphatic heterocycles. The van der Waals surface area contributed by atoms with Crippen LogP contribution in [0.5, 0.6) is 0 Å². The Morgan fingerprint density at radius 2 is 1.96 bits per heavy atom. The van der Waals surface area contributed by atoms with Gasteiger partial charge in [0.15, 0.2) is 10.9 Å². The fraction of sp³-hybridized carbons (Fsp3) is 0.333. The SMILES string of the molecule is O=C(CN1CCC[C@H]1C(=O)NCc1nccnc1Cl)c1ccccc1. The van der Waals surface area contributed by atoms with Gasteiger partial charge in [0.05, 0.1) is 24.8 Å². The molecular weight excluding hydrogens is 340 g/mol. The van der Waals surface area contributed by atoms with Crippen LogP contribution in [0.4, 0.5) is 0 Å². The molecule has 1 atom stereocenters. The van der Waals surface area contributed by atoms with E-state index in [9.17, 15) is 9.59 Å². The van der Waals surface area contributed by atoms with E-state index in [1.54, 1.807) is 12.1 Å². The Kier molecular flexibility index (Phi) is 5.73. The third-order valence-corrected chi connectivity index (χ3v) is 4.58. The van der Waals surface area contributed by atoms with Gasteiger partial charge < -0.3 is 5.32 Å². The standard InChI is InChI=1S/C18H19ClN4O2/c19-17-14(20-8-9-21-17)11-22-18(25)15-7-4-10-23(15)12-16(24)13-5-2-1-3-6-13/h1-3,5-6,8-9,15H,4,7,10-12H2,(H,22,25)/t15-/m0/s1. The van der Waals surface area contributed by atoms with Gasteiger partial charge in [0, 0.05) is 18.0 Å². The van der Waals surface area contributed by atoms with E-state index < -0.39 is 0 Å². The number of carbonyl (C=O) groups is 2. The summed E-state index contributed by atoms with van der Waals surface area (Å²) < 4.78 is 0. The van der Waals surface area contributed by atoms with Crippen LogP contribution >= 0.6 is 11.6 Å². The van der Waals surface area contributed by atoms with Gasteiger partial charge in [-0.3, -0.25) is 19.5 Å². The molecule has 1 N–H and O–H groups in total. The molecule has 0 bridgehead atoms. The van der Waals surface area contributed by atoms with Crippen molar-refractivity contribution in [1.29, 1.82) is 0 Å². The highest BCUT2D eigenvalue weighted by atomic mass is 35.5. The summed E-state index contributed by atoms with van der Waals surface area (Å²) in [6.45, 7) is 1.21. The molecule has 130 valence electrons. The zero-order valence-corrected chi connectivity index (χ0v) is 14.4. The third kappa shape index (κ3) is 4.41. The maximum atomic E-state index is 12.5. The van der Waals surface area contributed by atoms with Crippen LogP contribution in [0.2, 0.25) is 5.15 Å². The highest BCUT2D eigenvalue weighted by Crippen LogP contribution is 2.18. The summed E-state index contributed by atoms with van der Waals surface area (Å²) in [6.07, 6.45) is 4.67. The molecule has 1 fully saturated rings. The molecule has 1 amide bonds. The van der Waals surface area contributed by atoms with Crippen LogP contribution in [-0.2, 0) is 11.3 Å². The van der Waals surface area contributed by atoms with Gasteiger partial charge in [-0.15, -0.1) is 0 Å². The molecule has 0 spiro atoms. The number of benzene rings is 1. The van der Waals surface area contributed by atoms with Crippen LogP contribution in [0.3, 0.4) is 0 Å². The number of ketones is 1. The summed E-state index contributed by atoms with van der Waals surface area (Å²) in [7, 11) is 0. The number of aromatic nitrogens is 2. The molecule has 1 aromatic carbocycles. The topological polar surface area (TPSA) is 75.2 Å². The zero-order chi connectivity index (χ0) is 17.6. The Morgan fingerprint density at radius 1 is 1.20 bits per heavy atom. The molecule has 1 aromatic heterocycles. The van der Waals surface area contributed by atoms with Crippen LogP contribution < -0.4 is 5.32 Å². The van der Waals surface area contributed by atoms with Gasteiger partial charge in [-0.05, 0) is 19.4 Å². The molecule has 0 radical (unpaired) electrons. The van der Waals surface area contributed by atoms with Crippen molar-refractivity contribution in [1.82, 2.24) is 20.2 Å². The second-order valence-corrected chi connectivity index (χ2v) is 6.29. The van der Waals surface area contributed by atoms with Crippen LogP contribution in [0, 0.1) is 0 Å². The van der Waals surface area contributed by atoms with E-state index in [1.165, 1.54) is 12.4 Å². The largest absolute Gasteiger partial charge is 0.349 e. The molecule has 25 heavy (non-hydrogen) atoms. The average molecular weight is 359 g/mol. The minimum Gasteiger partial charge on any atom is -0.349 e. The van der Waals surface area contributed by atoms with E-state index in [1.807, 2.05) is 23.1 Å². The summed E-state index contributed by atoms with van der Waals surface area (Å²) in [4.78, 5) is 34.9. The molecule has 0 unspecified atom stereocenters. The lowest BCUT2D eigenvalue weighted by molar-refractivity contribution is -0.125.